The minimum absolute atomic E-state index is 0.0248. The first-order valence-electron chi connectivity index (χ1n) is 6.22. The zero-order valence-corrected chi connectivity index (χ0v) is 12.7. The van der Waals surface area contributed by atoms with Crippen molar-refractivity contribution in [2.24, 2.45) is 0 Å². The number of anilines is 1. The smallest absolute Gasteiger partial charge is 0.354 e. The van der Waals surface area contributed by atoms with Crippen LogP contribution in [0.2, 0.25) is 0 Å². The van der Waals surface area contributed by atoms with E-state index in [-0.39, 0.29) is 17.4 Å². The van der Waals surface area contributed by atoms with Crippen LogP contribution in [0.5, 0.6) is 0 Å². The van der Waals surface area contributed by atoms with Gasteiger partial charge in [-0.15, -0.1) is 11.3 Å². The van der Waals surface area contributed by atoms with Crippen molar-refractivity contribution in [1.29, 1.82) is 0 Å². The van der Waals surface area contributed by atoms with Gasteiger partial charge < -0.3 is 20.3 Å². The number of aromatic nitrogens is 2. The lowest BCUT2D eigenvalue weighted by molar-refractivity contribution is 0.0692. The lowest BCUT2D eigenvalue weighted by atomic mass is 10.3. The van der Waals surface area contributed by atoms with Gasteiger partial charge in [-0.1, -0.05) is 0 Å². The number of hydrogen-bond donors (Lipinski definition) is 3. The highest BCUT2D eigenvalue weighted by Crippen LogP contribution is 2.19. The van der Waals surface area contributed by atoms with Gasteiger partial charge in [0.25, 0.3) is 0 Å². The fourth-order valence-corrected chi connectivity index (χ4v) is 2.66. The molecule has 2 rings (SSSR count). The van der Waals surface area contributed by atoms with Gasteiger partial charge in [-0.3, -0.25) is 0 Å². The molecule has 0 aliphatic carbocycles. The Morgan fingerprint density at radius 3 is 2.76 bits per heavy atom. The number of amides is 2. The standard InChI is InChI=1S/C13H16N4O3S/c1-7-4-9(11(15-7)12(18)19)16-13(20)17(3)5-10-8(2)14-6-21-10/h4,6,15H,5H2,1-3H3,(H,16,20)(H,18,19). The number of hydrogen-bond acceptors (Lipinski definition) is 4. The topological polar surface area (TPSA) is 98.3 Å². The number of aromatic amines is 1. The predicted octanol–water partition coefficient (Wildman–Crippen LogP) is 2.45. The van der Waals surface area contributed by atoms with E-state index in [1.807, 2.05) is 6.92 Å². The van der Waals surface area contributed by atoms with Crippen LogP contribution in [-0.4, -0.2) is 39.0 Å². The molecule has 0 aliphatic heterocycles. The molecule has 0 saturated carbocycles. The average Bonchev–Trinajstić information content (AvgIpc) is 2.96. The third-order valence-electron chi connectivity index (χ3n) is 2.98. The summed E-state index contributed by atoms with van der Waals surface area (Å²) in [6, 6.07) is 1.22. The van der Waals surface area contributed by atoms with E-state index >= 15 is 0 Å². The Bertz CT molecular complexity index is 677. The minimum atomic E-state index is -1.11. The van der Waals surface area contributed by atoms with E-state index < -0.39 is 5.97 Å². The Hall–Kier alpha value is -2.35. The highest BCUT2D eigenvalue weighted by Gasteiger charge is 2.18. The van der Waals surface area contributed by atoms with Crippen molar-refractivity contribution in [2.45, 2.75) is 20.4 Å². The third-order valence-corrected chi connectivity index (χ3v) is 3.90. The van der Waals surface area contributed by atoms with Crippen molar-refractivity contribution in [3.8, 4) is 0 Å². The number of carboxylic acids is 1. The second kappa shape index (κ2) is 5.96. The molecule has 0 spiro atoms. The van der Waals surface area contributed by atoms with Gasteiger partial charge >= 0.3 is 12.0 Å². The van der Waals surface area contributed by atoms with Crippen molar-refractivity contribution in [1.82, 2.24) is 14.9 Å². The molecule has 2 heterocycles. The zero-order chi connectivity index (χ0) is 15.6. The Morgan fingerprint density at radius 1 is 1.48 bits per heavy atom. The van der Waals surface area contributed by atoms with Gasteiger partial charge in [0.2, 0.25) is 0 Å². The van der Waals surface area contributed by atoms with Crippen LogP contribution in [0.15, 0.2) is 11.6 Å². The number of H-pyrrole nitrogens is 1. The van der Waals surface area contributed by atoms with Crippen molar-refractivity contribution in [2.75, 3.05) is 12.4 Å². The molecule has 7 nitrogen and oxygen atoms in total. The van der Waals surface area contributed by atoms with E-state index in [1.165, 1.54) is 16.2 Å². The molecule has 0 fully saturated rings. The second-order valence-corrected chi connectivity index (χ2v) is 5.63. The fraction of sp³-hybridized carbons (Fsp3) is 0.308. The number of carbonyl (C=O) groups is 2. The highest BCUT2D eigenvalue weighted by atomic mass is 32.1. The number of aromatic carboxylic acids is 1. The summed E-state index contributed by atoms with van der Waals surface area (Å²) in [4.78, 5) is 32.5. The van der Waals surface area contributed by atoms with Crippen LogP contribution in [0, 0.1) is 13.8 Å². The van der Waals surface area contributed by atoms with Crippen LogP contribution in [0.25, 0.3) is 0 Å². The van der Waals surface area contributed by atoms with E-state index in [1.54, 1.807) is 25.5 Å². The Morgan fingerprint density at radius 2 is 2.19 bits per heavy atom. The quantitative estimate of drug-likeness (QED) is 0.808. The number of aryl methyl sites for hydroxylation is 2. The molecule has 0 radical (unpaired) electrons. The molecule has 2 aromatic heterocycles. The van der Waals surface area contributed by atoms with Crippen molar-refractivity contribution >= 4 is 29.0 Å². The lowest BCUT2D eigenvalue weighted by Crippen LogP contribution is -2.31. The van der Waals surface area contributed by atoms with Gasteiger partial charge in [0, 0.05) is 17.6 Å². The summed E-state index contributed by atoms with van der Waals surface area (Å²) in [6.45, 7) is 4.04. The number of thiazole rings is 1. The van der Waals surface area contributed by atoms with Crippen LogP contribution in [0.1, 0.15) is 26.8 Å². The summed E-state index contributed by atoms with van der Waals surface area (Å²) in [5.41, 5.74) is 3.53. The number of carboxylic acid groups (broad SMARTS) is 1. The van der Waals surface area contributed by atoms with Gasteiger partial charge in [0.1, 0.15) is 5.69 Å². The summed E-state index contributed by atoms with van der Waals surface area (Å²) in [7, 11) is 1.65. The highest BCUT2D eigenvalue weighted by molar-refractivity contribution is 7.09. The molecule has 2 aromatic rings. The molecular formula is C13H16N4O3S. The number of urea groups is 1. The number of nitrogens with zero attached hydrogens (tertiary/aromatic N) is 2. The van der Waals surface area contributed by atoms with Crippen molar-refractivity contribution in [3.63, 3.8) is 0 Å². The average molecular weight is 308 g/mol. The molecule has 112 valence electrons. The Labute approximate surface area is 125 Å². The maximum absolute atomic E-state index is 12.1. The molecule has 2 amide bonds. The van der Waals surface area contributed by atoms with E-state index in [9.17, 15) is 9.59 Å². The summed E-state index contributed by atoms with van der Waals surface area (Å²) in [6.07, 6.45) is 0. The Balaban J connectivity index is 2.07. The first-order valence-corrected chi connectivity index (χ1v) is 7.10. The van der Waals surface area contributed by atoms with E-state index in [0.29, 0.717) is 12.2 Å². The van der Waals surface area contributed by atoms with Crippen molar-refractivity contribution in [3.05, 3.63) is 33.5 Å². The molecule has 0 atom stereocenters. The monoisotopic (exact) mass is 308 g/mol. The maximum atomic E-state index is 12.1. The first kappa shape index (κ1) is 15.0. The van der Waals surface area contributed by atoms with Gasteiger partial charge in [-0.25, -0.2) is 14.6 Å². The van der Waals surface area contributed by atoms with Crippen LogP contribution >= 0.6 is 11.3 Å². The molecular weight excluding hydrogens is 292 g/mol. The van der Waals surface area contributed by atoms with E-state index in [2.05, 4.69) is 15.3 Å². The normalized spacial score (nSPS) is 10.4. The van der Waals surface area contributed by atoms with Gasteiger partial charge in [0.05, 0.1) is 23.4 Å². The zero-order valence-electron chi connectivity index (χ0n) is 11.9. The first-order chi connectivity index (χ1) is 9.88. The molecule has 8 heteroatoms. The lowest BCUT2D eigenvalue weighted by Gasteiger charge is -2.17. The largest absolute Gasteiger partial charge is 0.477 e. The third kappa shape index (κ3) is 3.40. The molecule has 0 saturated heterocycles. The van der Waals surface area contributed by atoms with Crippen LogP contribution in [-0.2, 0) is 6.54 Å². The van der Waals surface area contributed by atoms with E-state index in [0.717, 1.165) is 10.6 Å². The summed E-state index contributed by atoms with van der Waals surface area (Å²) < 4.78 is 0. The Kier molecular flexibility index (Phi) is 4.27. The number of rotatable bonds is 4. The maximum Gasteiger partial charge on any atom is 0.354 e. The molecule has 0 aromatic carbocycles. The molecule has 3 N–H and O–H groups in total. The van der Waals surface area contributed by atoms with Crippen LogP contribution in [0.3, 0.4) is 0 Å². The second-order valence-electron chi connectivity index (χ2n) is 4.69. The molecule has 0 unspecified atom stereocenters. The van der Waals surface area contributed by atoms with E-state index in [4.69, 9.17) is 5.11 Å². The molecule has 0 bridgehead atoms. The SMILES string of the molecule is Cc1cc(NC(=O)N(C)Cc2scnc2C)c(C(=O)O)[nH]1. The van der Waals surface area contributed by atoms with Crippen LogP contribution in [0.4, 0.5) is 10.5 Å². The van der Waals surface area contributed by atoms with Gasteiger partial charge in [-0.05, 0) is 19.9 Å². The minimum Gasteiger partial charge on any atom is -0.477 e. The van der Waals surface area contributed by atoms with Crippen molar-refractivity contribution < 1.29 is 14.7 Å². The molecule has 0 aliphatic rings. The van der Waals surface area contributed by atoms with Crippen LogP contribution < -0.4 is 5.32 Å². The van der Waals surface area contributed by atoms with Gasteiger partial charge in [-0.2, -0.15) is 0 Å². The number of nitrogens with one attached hydrogen (secondary N) is 2. The summed E-state index contributed by atoms with van der Waals surface area (Å²) in [5, 5.41) is 11.7. The molecule has 21 heavy (non-hydrogen) atoms. The summed E-state index contributed by atoms with van der Waals surface area (Å²) >= 11 is 1.48. The fourth-order valence-electron chi connectivity index (χ4n) is 1.83. The van der Waals surface area contributed by atoms with Gasteiger partial charge in [0.15, 0.2) is 0 Å². The summed E-state index contributed by atoms with van der Waals surface area (Å²) in [5.74, 6) is -1.11. The predicted molar refractivity (Wildman–Crippen MR) is 79.8 cm³/mol. The number of carbonyl (C=O) groups excluding carboxylic acids is 1.